The Balaban J connectivity index is 6.08. The van der Waals surface area contributed by atoms with Crippen LogP contribution in [0.25, 0.3) is 0 Å². The van der Waals surface area contributed by atoms with E-state index in [1.807, 2.05) is 0 Å². The fraction of sp³-hybridized carbons (Fsp3) is 1.00. The highest BCUT2D eigenvalue weighted by molar-refractivity contribution is 8.00. The largest absolute Gasteiger partial charge is 0.0739 e. The van der Waals surface area contributed by atoms with Crippen LogP contribution >= 0.6 is 0 Å². The van der Waals surface area contributed by atoms with Gasteiger partial charge in [0, 0.05) is 62.2 Å². The summed E-state index contributed by atoms with van der Waals surface area (Å²) in [6.07, 6.45) is 0. The molecule has 0 aromatic heterocycles. The Bertz CT molecular complexity index is 321. The molecule has 20 heavy (non-hydrogen) atoms. The summed E-state index contributed by atoms with van der Waals surface area (Å²) >= 11 is 0. The van der Waals surface area contributed by atoms with Gasteiger partial charge in [-0.2, -0.15) is 0 Å². The third kappa shape index (κ3) is 3.17. The quantitative estimate of drug-likeness (QED) is 0.608. The monoisotopic (exact) mass is 404 g/mol. The minimum Gasteiger partial charge on any atom is -0.0739 e. The molecule has 0 N–H and O–H groups in total. The van der Waals surface area contributed by atoms with E-state index in [2.05, 4.69) is 98.1 Å². The molecule has 0 aromatic carbocycles. The molecule has 0 aliphatic heterocycles. The van der Waals surface area contributed by atoms with Crippen LogP contribution in [-0.4, -0.2) is 62.2 Å². The Labute approximate surface area is 140 Å². The van der Waals surface area contributed by atoms with Crippen LogP contribution in [0.2, 0.25) is 78.6 Å². The summed E-state index contributed by atoms with van der Waals surface area (Å²) in [4.78, 5) is 0. The van der Waals surface area contributed by atoms with Crippen molar-refractivity contribution in [3.8, 4) is 0 Å². The molecular weight excluding hydrogens is 369 g/mol. The maximum atomic E-state index is 4.28. The molecule has 0 rings (SSSR count). The molecule has 0 spiro atoms. The third-order valence-electron chi connectivity index (χ3n) is 7.81. The average Bonchev–Trinajstić information content (AvgIpc) is 2.12. The number of rotatable bonds is 5. The van der Waals surface area contributed by atoms with E-state index in [1.54, 1.807) is 0 Å². The van der Waals surface area contributed by atoms with Crippen molar-refractivity contribution in [2.45, 2.75) is 78.6 Å². The summed E-state index contributed by atoms with van der Waals surface area (Å²) in [5.74, 6) is 0. The maximum Gasteiger partial charge on any atom is 0.0307 e. The fourth-order valence-electron chi connectivity index (χ4n) is 3.12. The Morgan fingerprint density at radius 3 is 0.600 bits per heavy atom. The zero-order valence-electron chi connectivity index (χ0n) is 16.0. The van der Waals surface area contributed by atoms with E-state index in [1.165, 1.54) is 0 Å². The molecule has 0 aliphatic rings. The molecule has 0 fully saturated rings. The molecule has 0 bridgehead atoms. The highest BCUT2D eigenvalue weighted by Crippen LogP contribution is 2.40. The zero-order chi connectivity index (χ0) is 17.0. The topological polar surface area (TPSA) is 0 Å². The van der Waals surface area contributed by atoms with Crippen LogP contribution in [0.15, 0.2) is 0 Å². The first-order chi connectivity index (χ1) is 8.25. The molecule has 0 atom stereocenters. The van der Waals surface area contributed by atoms with Gasteiger partial charge < -0.3 is 0 Å². The Hall–Kier alpha value is 1.74. The van der Waals surface area contributed by atoms with E-state index < -0.39 is 42.7 Å². The van der Waals surface area contributed by atoms with E-state index in [0.29, 0.717) is 0 Å². The van der Waals surface area contributed by atoms with Crippen molar-refractivity contribution in [1.82, 2.24) is 0 Å². The van der Waals surface area contributed by atoms with Crippen molar-refractivity contribution in [3.63, 3.8) is 0 Å². The molecule has 8 heteroatoms. The minimum atomic E-state index is -1.21. The van der Waals surface area contributed by atoms with E-state index in [9.17, 15) is 0 Å². The van der Waals surface area contributed by atoms with E-state index >= 15 is 0 Å². The van der Waals surface area contributed by atoms with Crippen LogP contribution in [0, 0.1) is 0 Å². The van der Waals surface area contributed by atoms with Crippen LogP contribution in [0.4, 0.5) is 0 Å². The van der Waals surface area contributed by atoms with Crippen molar-refractivity contribution in [2.75, 3.05) is 0 Å². The highest BCUT2D eigenvalue weighted by Gasteiger charge is 2.63. The molecule has 6 radical (unpaired) electrons. The Morgan fingerprint density at radius 2 is 0.500 bits per heavy atom. The highest BCUT2D eigenvalue weighted by atomic mass is 30.1. The lowest BCUT2D eigenvalue weighted by molar-refractivity contribution is 1.77. The molecule has 116 valence electrons. The van der Waals surface area contributed by atoms with Gasteiger partial charge in [0.15, 0.2) is 0 Å². The lowest BCUT2D eigenvalue weighted by Gasteiger charge is -2.61. The van der Waals surface area contributed by atoms with Gasteiger partial charge in [-0.25, -0.2) is 0 Å². The second kappa shape index (κ2) is 5.67. The molecule has 0 saturated heterocycles. The van der Waals surface area contributed by atoms with Gasteiger partial charge in [-0.15, -0.1) is 0 Å². The average molecular weight is 405 g/mol. The summed E-state index contributed by atoms with van der Waals surface area (Å²) in [6.45, 7) is 32.3. The first-order valence-corrected chi connectivity index (χ1v) is 33.8. The summed E-state index contributed by atoms with van der Waals surface area (Å²) < 4.78 is 0. The molecule has 0 aromatic rings. The van der Waals surface area contributed by atoms with Crippen molar-refractivity contribution in [2.24, 2.45) is 0 Å². The minimum absolute atomic E-state index is 1.17. The lowest BCUT2D eigenvalue weighted by Crippen LogP contribution is -2.88. The fourth-order valence-corrected chi connectivity index (χ4v) is 165. The first-order valence-electron chi connectivity index (χ1n) is 7.75. The third-order valence-corrected chi connectivity index (χ3v) is 138. The molecular formula is C12H36Si8. The second-order valence-corrected chi connectivity index (χ2v) is 83.2. The van der Waals surface area contributed by atoms with E-state index in [0.717, 1.165) is 0 Å². The maximum absolute atomic E-state index is 4.28. The van der Waals surface area contributed by atoms with Crippen molar-refractivity contribution in [3.05, 3.63) is 0 Å². The molecule has 0 unspecified atom stereocenters. The predicted molar refractivity (Wildman–Crippen MR) is 116 cm³/mol. The van der Waals surface area contributed by atoms with Gasteiger partial charge in [0.25, 0.3) is 0 Å². The van der Waals surface area contributed by atoms with Gasteiger partial charge in [-0.05, 0) is 0 Å². The van der Waals surface area contributed by atoms with Crippen molar-refractivity contribution >= 4 is 62.2 Å². The van der Waals surface area contributed by atoms with Gasteiger partial charge in [-0.3, -0.25) is 0 Å². The summed E-state index contributed by atoms with van der Waals surface area (Å²) in [6, 6.07) is 0. The number of hydrogen-bond donors (Lipinski definition) is 0. The van der Waals surface area contributed by atoms with Crippen molar-refractivity contribution in [1.29, 1.82) is 0 Å². The molecule has 0 heterocycles. The molecule has 0 amide bonds. The Morgan fingerprint density at radius 1 is 0.350 bits per heavy atom. The van der Waals surface area contributed by atoms with Gasteiger partial charge in [0.2, 0.25) is 0 Å². The van der Waals surface area contributed by atoms with Crippen molar-refractivity contribution < 1.29 is 0 Å². The van der Waals surface area contributed by atoms with Gasteiger partial charge >= 0.3 is 0 Å². The SMILES string of the molecule is C[Si](C)([Si])[Si](C)(C)[Si](C)(C)[Si](C)(C)[Si](C)(C)[Si](C)(C)[Si]. The number of hydrogen-bond acceptors (Lipinski definition) is 0. The molecule has 0 saturated carbocycles. The van der Waals surface area contributed by atoms with Gasteiger partial charge in [0.1, 0.15) is 0 Å². The smallest absolute Gasteiger partial charge is 0.0307 e. The summed E-state index contributed by atoms with van der Waals surface area (Å²) in [7, 11) is 1.44. The second-order valence-electron chi connectivity index (χ2n) is 9.75. The van der Waals surface area contributed by atoms with Gasteiger partial charge in [0.05, 0.1) is 0 Å². The van der Waals surface area contributed by atoms with Crippen LogP contribution in [0.3, 0.4) is 0 Å². The summed E-state index contributed by atoms with van der Waals surface area (Å²) in [5, 5.41) is 0. The lowest BCUT2D eigenvalue weighted by atomic mass is 11.9. The predicted octanol–water partition coefficient (Wildman–Crippen LogP) is 3.96. The van der Waals surface area contributed by atoms with E-state index in [4.69, 9.17) is 0 Å². The molecule has 0 aliphatic carbocycles. The summed E-state index contributed by atoms with van der Waals surface area (Å²) in [5.41, 5.74) is 0. The van der Waals surface area contributed by atoms with Crippen LogP contribution in [0.1, 0.15) is 0 Å². The zero-order valence-corrected chi connectivity index (χ0v) is 24.0. The first kappa shape index (κ1) is 21.7. The van der Waals surface area contributed by atoms with Crippen LogP contribution < -0.4 is 0 Å². The van der Waals surface area contributed by atoms with Gasteiger partial charge in [-0.1, -0.05) is 78.6 Å². The normalized spacial score (nSPS) is 16.5. The van der Waals surface area contributed by atoms with E-state index in [-0.39, 0.29) is 0 Å². The Kier molecular flexibility index (Phi) is 6.16. The van der Waals surface area contributed by atoms with Crippen LogP contribution in [0.5, 0.6) is 0 Å². The standard InChI is InChI=1S/C12H36Si8/c1-15(2,13)17(5,6)19(9,10)20(11,12)18(7,8)16(3,4)14/h1-12H3. The molecule has 0 nitrogen and oxygen atoms in total. The van der Waals surface area contributed by atoms with Crippen LogP contribution in [-0.2, 0) is 0 Å².